The molecule has 4 aromatic rings. The van der Waals surface area contributed by atoms with E-state index in [-0.39, 0.29) is 5.82 Å². The molecule has 0 bridgehead atoms. The summed E-state index contributed by atoms with van der Waals surface area (Å²) in [6.07, 6.45) is 1.47. The van der Waals surface area contributed by atoms with E-state index in [0.717, 1.165) is 16.6 Å². The minimum absolute atomic E-state index is 0.293. The predicted octanol–water partition coefficient (Wildman–Crippen LogP) is 4.98. The summed E-state index contributed by atoms with van der Waals surface area (Å²) in [6.45, 7) is 6.54. The average molecular weight is 448 g/mol. The molecule has 0 aliphatic carbocycles. The van der Waals surface area contributed by atoms with Gasteiger partial charge in [0.1, 0.15) is 23.7 Å². The normalized spacial score (nSPS) is 11.1. The lowest BCUT2D eigenvalue weighted by Crippen LogP contribution is -2.13. The fraction of sp³-hybridized carbons (Fsp3) is 0.240. The van der Waals surface area contributed by atoms with Gasteiger partial charge in [-0.15, -0.1) is 0 Å². The molecule has 2 N–H and O–H groups in total. The highest BCUT2D eigenvalue weighted by atomic mass is 19.1. The Kier molecular flexibility index (Phi) is 6.00. The van der Waals surface area contributed by atoms with Crippen molar-refractivity contribution in [3.8, 4) is 17.0 Å². The minimum atomic E-state index is -0.941. The van der Waals surface area contributed by atoms with E-state index in [4.69, 9.17) is 4.74 Å². The first-order valence-corrected chi connectivity index (χ1v) is 10.5. The predicted molar refractivity (Wildman–Crippen MR) is 126 cm³/mol. The van der Waals surface area contributed by atoms with E-state index in [0.29, 0.717) is 52.6 Å². The van der Waals surface area contributed by atoms with Crippen molar-refractivity contribution < 1.29 is 19.0 Å². The molecule has 2 aromatic heterocycles. The van der Waals surface area contributed by atoms with E-state index in [1.165, 1.54) is 12.4 Å². The summed E-state index contributed by atoms with van der Waals surface area (Å²) < 4.78 is 21.8. The molecule has 7 nitrogen and oxygen atoms in total. The van der Waals surface area contributed by atoms with E-state index >= 15 is 0 Å². The second-order valence-electron chi connectivity index (χ2n) is 7.95. The van der Waals surface area contributed by atoms with Gasteiger partial charge >= 0.3 is 5.97 Å². The highest BCUT2D eigenvalue weighted by molar-refractivity contribution is 5.92. The number of methoxy groups -OCH3 is 1. The van der Waals surface area contributed by atoms with Crippen LogP contribution in [0.25, 0.3) is 22.2 Å². The van der Waals surface area contributed by atoms with E-state index in [1.807, 2.05) is 35.8 Å². The van der Waals surface area contributed by atoms with Crippen molar-refractivity contribution in [1.29, 1.82) is 0 Å². The highest BCUT2D eigenvalue weighted by Crippen LogP contribution is 2.31. The quantitative estimate of drug-likeness (QED) is 0.414. The van der Waals surface area contributed by atoms with Crippen molar-refractivity contribution in [2.24, 2.45) is 0 Å². The molecule has 2 heterocycles. The van der Waals surface area contributed by atoms with Gasteiger partial charge in [0.05, 0.1) is 23.9 Å². The minimum Gasteiger partial charge on any atom is -0.496 e. The number of aromatic nitrogens is 3. The third-order valence-corrected chi connectivity index (χ3v) is 5.75. The Bertz CT molecular complexity index is 1340. The SMILES string of the molecule is COc1ccc(F)c2c1cc(C)n2CCNc1cc(-c2cc(C)c(C(=O)O)c(C)c2)ncn1. The van der Waals surface area contributed by atoms with Crippen molar-refractivity contribution in [3.63, 3.8) is 0 Å². The number of benzene rings is 2. The van der Waals surface area contributed by atoms with Gasteiger partial charge in [-0.25, -0.2) is 19.2 Å². The molecule has 0 unspecified atom stereocenters. The van der Waals surface area contributed by atoms with Gasteiger partial charge in [0.15, 0.2) is 0 Å². The zero-order chi connectivity index (χ0) is 23.7. The molecule has 2 aromatic carbocycles. The van der Waals surface area contributed by atoms with Crippen molar-refractivity contribution in [1.82, 2.24) is 14.5 Å². The van der Waals surface area contributed by atoms with E-state index < -0.39 is 5.97 Å². The van der Waals surface area contributed by atoms with Gasteiger partial charge in [0.2, 0.25) is 0 Å². The van der Waals surface area contributed by atoms with Crippen LogP contribution in [0.2, 0.25) is 0 Å². The molecule has 33 heavy (non-hydrogen) atoms. The number of anilines is 1. The number of carboxylic acid groups (broad SMARTS) is 1. The van der Waals surface area contributed by atoms with Crippen LogP contribution < -0.4 is 10.1 Å². The number of hydrogen-bond acceptors (Lipinski definition) is 5. The number of carbonyl (C=O) groups is 1. The smallest absolute Gasteiger partial charge is 0.336 e. The summed E-state index contributed by atoms with van der Waals surface area (Å²) in [5.74, 6) is 0.0354. The van der Waals surface area contributed by atoms with Crippen LogP contribution >= 0.6 is 0 Å². The molecule has 0 spiro atoms. The largest absolute Gasteiger partial charge is 0.496 e. The van der Waals surface area contributed by atoms with E-state index in [1.54, 1.807) is 27.0 Å². The topological polar surface area (TPSA) is 89.3 Å². The first-order valence-electron chi connectivity index (χ1n) is 10.5. The molecule has 0 amide bonds. The van der Waals surface area contributed by atoms with Crippen LogP contribution in [-0.4, -0.2) is 39.3 Å². The van der Waals surface area contributed by atoms with Crippen LogP contribution in [0.3, 0.4) is 0 Å². The number of rotatable bonds is 7. The Morgan fingerprint density at radius 2 is 1.85 bits per heavy atom. The lowest BCUT2D eigenvalue weighted by molar-refractivity contribution is 0.0695. The monoisotopic (exact) mass is 448 g/mol. The van der Waals surface area contributed by atoms with Crippen molar-refractivity contribution >= 4 is 22.7 Å². The fourth-order valence-electron chi connectivity index (χ4n) is 4.26. The third kappa shape index (κ3) is 4.24. The molecule has 0 aliphatic rings. The molecular weight excluding hydrogens is 423 g/mol. The summed E-state index contributed by atoms with van der Waals surface area (Å²) >= 11 is 0. The number of ether oxygens (including phenoxy) is 1. The highest BCUT2D eigenvalue weighted by Gasteiger charge is 2.15. The molecule has 4 rings (SSSR count). The average Bonchev–Trinajstić information content (AvgIpc) is 3.10. The molecule has 0 radical (unpaired) electrons. The Labute approximate surface area is 190 Å². The molecule has 0 saturated heterocycles. The van der Waals surface area contributed by atoms with Gasteiger partial charge in [-0.05, 0) is 62.2 Å². The number of aryl methyl sites for hydroxylation is 3. The van der Waals surface area contributed by atoms with Crippen molar-refractivity contribution in [2.75, 3.05) is 19.0 Å². The van der Waals surface area contributed by atoms with Crippen LogP contribution in [0.1, 0.15) is 27.2 Å². The number of aromatic carboxylic acids is 1. The van der Waals surface area contributed by atoms with E-state index in [2.05, 4.69) is 15.3 Å². The Hall–Kier alpha value is -3.94. The number of nitrogens with one attached hydrogen (secondary N) is 1. The standard InChI is InChI=1S/C25H25FN4O3/c1-14-9-17(10-15(2)23(14)25(31)32)20-12-22(29-13-28-20)27-7-8-30-16(3)11-18-21(33-4)6-5-19(26)24(18)30/h5-6,9-13H,7-8H2,1-4H3,(H,31,32)(H,27,28,29). The number of halogens is 1. The van der Waals surface area contributed by atoms with Gasteiger partial charge in [0.25, 0.3) is 0 Å². The lowest BCUT2D eigenvalue weighted by atomic mass is 9.98. The van der Waals surface area contributed by atoms with Gasteiger partial charge < -0.3 is 19.7 Å². The molecule has 0 atom stereocenters. The lowest BCUT2D eigenvalue weighted by Gasteiger charge is -2.12. The Morgan fingerprint density at radius 3 is 2.52 bits per heavy atom. The van der Waals surface area contributed by atoms with Crippen molar-refractivity contribution in [2.45, 2.75) is 27.3 Å². The molecular formula is C25H25FN4O3. The van der Waals surface area contributed by atoms with Gasteiger partial charge in [-0.1, -0.05) is 0 Å². The maximum atomic E-state index is 14.6. The molecule has 0 fully saturated rings. The van der Waals surface area contributed by atoms with Crippen LogP contribution in [0, 0.1) is 26.6 Å². The number of fused-ring (bicyclic) bond motifs is 1. The number of carboxylic acids is 1. The maximum absolute atomic E-state index is 14.6. The summed E-state index contributed by atoms with van der Waals surface area (Å²) in [7, 11) is 1.58. The molecule has 0 aliphatic heterocycles. The number of nitrogens with zero attached hydrogens (tertiary/aromatic N) is 3. The van der Waals surface area contributed by atoms with E-state index in [9.17, 15) is 14.3 Å². The number of hydrogen-bond donors (Lipinski definition) is 2. The fourth-order valence-corrected chi connectivity index (χ4v) is 4.26. The van der Waals surface area contributed by atoms with Gasteiger partial charge in [-0.2, -0.15) is 0 Å². The summed E-state index contributed by atoms with van der Waals surface area (Å²) in [4.78, 5) is 20.1. The van der Waals surface area contributed by atoms with Crippen molar-refractivity contribution in [3.05, 3.63) is 70.9 Å². The van der Waals surface area contributed by atoms with Crippen LogP contribution in [0.5, 0.6) is 5.75 Å². The summed E-state index contributed by atoms with van der Waals surface area (Å²) in [6, 6.07) is 10.4. The third-order valence-electron chi connectivity index (χ3n) is 5.75. The first-order chi connectivity index (χ1) is 15.8. The first kappa shape index (κ1) is 22.3. The molecule has 170 valence electrons. The van der Waals surface area contributed by atoms with Crippen LogP contribution in [0.15, 0.2) is 42.7 Å². The van der Waals surface area contributed by atoms with Crippen LogP contribution in [-0.2, 0) is 6.54 Å². The molecule has 0 saturated carbocycles. The van der Waals surface area contributed by atoms with Crippen LogP contribution in [0.4, 0.5) is 10.2 Å². The summed E-state index contributed by atoms with van der Waals surface area (Å²) in [5, 5.41) is 13.4. The molecule has 8 heteroatoms. The maximum Gasteiger partial charge on any atom is 0.336 e. The van der Waals surface area contributed by atoms with Gasteiger partial charge in [-0.3, -0.25) is 0 Å². The Balaban J connectivity index is 1.54. The summed E-state index contributed by atoms with van der Waals surface area (Å²) in [5.41, 5.74) is 4.63. The second-order valence-corrected chi connectivity index (χ2v) is 7.95. The Morgan fingerprint density at radius 1 is 1.12 bits per heavy atom. The zero-order valence-corrected chi connectivity index (χ0v) is 18.9. The van der Waals surface area contributed by atoms with Gasteiger partial charge in [0, 0.05) is 35.8 Å². The zero-order valence-electron chi connectivity index (χ0n) is 18.9. The second kappa shape index (κ2) is 8.90.